The van der Waals surface area contributed by atoms with Crippen LogP contribution in [0.15, 0.2) is 29.2 Å². The summed E-state index contributed by atoms with van der Waals surface area (Å²) in [7, 11) is -3.00. The van der Waals surface area contributed by atoms with Crippen molar-refractivity contribution in [1.29, 1.82) is 0 Å². The molecule has 0 atom stereocenters. The van der Waals surface area contributed by atoms with E-state index in [2.05, 4.69) is 0 Å². The van der Waals surface area contributed by atoms with Crippen LogP contribution in [-0.4, -0.2) is 13.5 Å². The molecule has 0 spiro atoms. The molecule has 1 aromatic carbocycles. The lowest BCUT2D eigenvalue weighted by molar-refractivity contribution is -0.110. The molecular formula is C8H6O3S2. The molecule has 0 bridgehead atoms. The number of carbonyl (C=O) groups excluding carboxylic acids is 1. The summed E-state index contributed by atoms with van der Waals surface area (Å²) in [5, 5.41) is -0.307. The number of hydrogen-bond acceptors (Lipinski definition) is 4. The SMILES string of the molecule is O=C1Cc2ccccc2S(=O)(=O)S1. The molecule has 1 aromatic rings. The Hall–Kier alpha value is -0.810. The fourth-order valence-electron chi connectivity index (χ4n) is 1.25. The van der Waals surface area contributed by atoms with Crippen LogP contribution >= 0.6 is 10.8 Å². The Balaban J connectivity index is 2.70. The van der Waals surface area contributed by atoms with Crippen molar-refractivity contribution in [2.45, 2.75) is 11.3 Å². The van der Waals surface area contributed by atoms with Gasteiger partial charge in [0.1, 0.15) is 0 Å². The van der Waals surface area contributed by atoms with Crippen molar-refractivity contribution in [2.75, 3.05) is 0 Å². The summed E-state index contributed by atoms with van der Waals surface area (Å²) >= 11 is 0. The van der Waals surface area contributed by atoms with E-state index in [0.717, 1.165) is 0 Å². The van der Waals surface area contributed by atoms with Gasteiger partial charge >= 0.3 is 0 Å². The molecule has 0 aliphatic carbocycles. The molecule has 3 nitrogen and oxygen atoms in total. The summed E-state index contributed by atoms with van der Waals surface area (Å²) < 4.78 is 22.9. The van der Waals surface area contributed by atoms with E-state index in [1.54, 1.807) is 18.2 Å². The summed E-state index contributed by atoms with van der Waals surface area (Å²) in [5.41, 5.74) is 0.603. The fraction of sp³-hybridized carbons (Fsp3) is 0.125. The second-order valence-electron chi connectivity index (χ2n) is 2.69. The Bertz CT molecular complexity index is 462. The molecule has 1 heterocycles. The standard InChI is InChI=1S/C8H6O3S2/c9-8-5-6-3-1-2-4-7(6)13(10,11)12-8/h1-4H,5H2. The van der Waals surface area contributed by atoms with Gasteiger partial charge in [-0.15, -0.1) is 0 Å². The summed E-state index contributed by atoms with van der Waals surface area (Å²) in [5.74, 6) is 0. The Morgan fingerprint density at radius 3 is 2.69 bits per heavy atom. The van der Waals surface area contributed by atoms with Gasteiger partial charge in [0.05, 0.1) is 4.90 Å². The van der Waals surface area contributed by atoms with Crippen LogP contribution in [-0.2, 0) is 20.1 Å². The smallest absolute Gasteiger partial charge is 0.237 e. The molecule has 0 saturated heterocycles. The summed E-state index contributed by atoms with van der Waals surface area (Å²) in [6.45, 7) is 0. The maximum absolute atomic E-state index is 11.4. The maximum Gasteiger partial charge on any atom is 0.237 e. The van der Waals surface area contributed by atoms with Gasteiger partial charge in [-0.3, -0.25) is 4.79 Å². The van der Waals surface area contributed by atoms with Gasteiger partial charge in [0.15, 0.2) is 0 Å². The van der Waals surface area contributed by atoms with Crippen molar-refractivity contribution in [3.05, 3.63) is 29.8 Å². The van der Waals surface area contributed by atoms with Crippen LogP contribution in [0.4, 0.5) is 0 Å². The van der Waals surface area contributed by atoms with Crippen molar-refractivity contribution in [1.82, 2.24) is 0 Å². The zero-order valence-corrected chi connectivity index (χ0v) is 8.19. The van der Waals surface area contributed by atoms with E-state index < -0.39 is 8.87 Å². The molecular weight excluding hydrogens is 208 g/mol. The zero-order valence-electron chi connectivity index (χ0n) is 6.56. The molecule has 2 rings (SSSR count). The van der Waals surface area contributed by atoms with E-state index in [1.165, 1.54) is 6.07 Å². The highest BCUT2D eigenvalue weighted by molar-refractivity contribution is 8.78. The van der Waals surface area contributed by atoms with Gasteiger partial charge in [-0.2, -0.15) is 0 Å². The van der Waals surface area contributed by atoms with E-state index >= 15 is 0 Å². The second-order valence-corrected chi connectivity index (χ2v) is 6.48. The average Bonchev–Trinajstić information content (AvgIpc) is 2.02. The zero-order chi connectivity index (χ0) is 9.47. The molecule has 1 aliphatic heterocycles. The third-order valence-corrected chi connectivity index (χ3v) is 5.02. The number of benzene rings is 1. The normalized spacial score (nSPS) is 19.5. The molecule has 0 amide bonds. The first-order chi connectivity index (χ1) is 6.09. The highest BCUT2D eigenvalue weighted by atomic mass is 33.1. The monoisotopic (exact) mass is 214 g/mol. The lowest BCUT2D eigenvalue weighted by Gasteiger charge is -2.13. The van der Waals surface area contributed by atoms with Crippen LogP contribution in [0.5, 0.6) is 0 Å². The molecule has 0 unspecified atom stereocenters. The maximum atomic E-state index is 11.4. The first-order valence-electron chi connectivity index (χ1n) is 3.65. The van der Waals surface area contributed by atoms with Gasteiger partial charge in [0.25, 0.3) is 0 Å². The quantitative estimate of drug-likeness (QED) is 0.609. The Kier molecular flexibility index (Phi) is 1.92. The van der Waals surface area contributed by atoms with Crippen LogP contribution < -0.4 is 0 Å². The largest absolute Gasteiger partial charge is 0.286 e. The third kappa shape index (κ3) is 1.49. The first-order valence-corrected chi connectivity index (χ1v) is 6.46. The molecule has 68 valence electrons. The summed E-state index contributed by atoms with van der Waals surface area (Å²) in [6, 6.07) is 6.60. The van der Waals surface area contributed by atoms with Gasteiger partial charge in [0.2, 0.25) is 14.0 Å². The number of hydrogen-bond donors (Lipinski definition) is 0. The minimum atomic E-state index is -3.42. The van der Waals surface area contributed by atoms with Gasteiger partial charge in [0, 0.05) is 17.2 Å². The molecule has 0 aromatic heterocycles. The summed E-state index contributed by atoms with van der Waals surface area (Å²) in [6.07, 6.45) is 0.208. The van der Waals surface area contributed by atoms with Crippen LogP contribution in [0.3, 0.4) is 0 Å². The molecule has 5 heteroatoms. The minimum absolute atomic E-state index is 0.208. The summed E-state index contributed by atoms with van der Waals surface area (Å²) in [4.78, 5) is 11.3. The predicted octanol–water partition coefficient (Wildman–Crippen LogP) is 1.19. The highest BCUT2D eigenvalue weighted by Crippen LogP contribution is 2.33. The van der Waals surface area contributed by atoms with Crippen LogP contribution in [0.2, 0.25) is 0 Å². The fourth-order valence-corrected chi connectivity index (χ4v) is 4.17. The number of rotatable bonds is 0. The average molecular weight is 214 g/mol. The topological polar surface area (TPSA) is 51.2 Å². The van der Waals surface area contributed by atoms with E-state index in [0.29, 0.717) is 16.4 Å². The lowest BCUT2D eigenvalue weighted by atomic mass is 10.2. The molecule has 0 N–H and O–H groups in total. The number of fused-ring (bicyclic) bond motifs is 1. The van der Waals surface area contributed by atoms with Gasteiger partial charge < -0.3 is 0 Å². The highest BCUT2D eigenvalue weighted by Gasteiger charge is 2.29. The predicted molar refractivity (Wildman–Crippen MR) is 49.9 cm³/mol. The van der Waals surface area contributed by atoms with Crippen LogP contribution in [0.1, 0.15) is 5.56 Å². The second kappa shape index (κ2) is 2.85. The van der Waals surface area contributed by atoms with Crippen molar-refractivity contribution in [2.24, 2.45) is 0 Å². The first kappa shape index (κ1) is 8.77. The third-order valence-electron chi connectivity index (χ3n) is 1.78. The van der Waals surface area contributed by atoms with E-state index in [9.17, 15) is 13.2 Å². The van der Waals surface area contributed by atoms with E-state index in [1.807, 2.05) is 0 Å². The molecule has 13 heavy (non-hydrogen) atoms. The number of carbonyl (C=O) groups is 1. The van der Waals surface area contributed by atoms with E-state index in [4.69, 9.17) is 0 Å². The van der Waals surface area contributed by atoms with Crippen molar-refractivity contribution in [3.8, 4) is 0 Å². The van der Waals surface area contributed by atoms with Crippen LogP contribution in [0.25, 0.3) is 0 Å². The van der Waals surface area contributed by atoms with Gasteiger partial charge in [-0.25, -0.2) is 8.42 Å². The Labute approximate surface area is 79.5 Å². The molecule has 1 aliphatic rings. The van der Waals surface area contributed by atoms with Crippen molar-refractivity contribution in [3.63, 3.8) is 0 Å². The van der Waals surface area contributed by atoms with Gasteiger partial charge in [-0.1, -0.05) is 18.2 Å². The Morgan fingerprint density at radius 1 is 1.23 bits per heavy atom. The van der Waals surface area contributed by atoms with Crippen molar-refractivity contribution < 1.29 is 13.2 Å². The molecule has 0 radical (unpaired) electrons. The van der Waals surface area contributed by atoms with E-state index in [-0.39, 0.29) is 16.4 Å². The van der Waals surface area contributed by atoms with Gasteiger partial charge in [-0.05, 0) is 11.6 Å². The van der Waals surface area contributed by atoms with Crippen molar-refractivity contribution >= 4 is 24.8 Å². The molecule has 0 fully saturated rings. The minimum Gasteiger partial charge on any atom is -0.286 e. The Morgan fingerprint density at radius 2 is 1.92 bits per heavy atom. The van der Waals surface area contributed by atoms with Crippen LogP contribution in [0, 0.1) is 0 Å². The lowest BCUT2D eigenvalue weighted by Crippen LogP contribution is -2.13. The molecule has 0 saturated carbocycles.